The van der Waals surface area contributed by atoms with Gasteiger partial charge in [-0.3, -0.25) is 0 Å². The van der Waals surface area contributed by atoms with E-state index in [-0.39, 0.29) is 16.8 Å². The molecular formula is C20H28O4. The maximum atomic E-state index is 11.8. The lowest BCUT2D eigenvalue weighted by atomic mass is 9.46. The predicted molar refractivity (Wildman–Crippen MR) is 91.3 cm³/mol. The standard InChI is InChI=1S/C20H28O4/c1-13-7-9-20(3)15(18(22)23)5-4-6-16(20)19(13,2)10-8-14-11-17(21)24-12-14/h5,11,13,16H,4,6-10,12H2,1-3H3,(H,22,23)/t13-,16+,19+,20+/m1/s1. The van der Waals surface area contributed by atoms with E-state index in [1.54, 1.807) is 6.08 Å². The molecule has 0 saturated heterocycles. The zero-order valence-corrected chi connectivity index (χ0v) is 14.9. The molecule has 0 spiro atoms. The van der Waals surface area contributed by atoms with E-state index < -0.39 is 5.97 Å². The van der Waals surface area contributed by atoms with Gasteiger partial charge in [0.15, 0.2) is 0 Å². The minimum atomic E-state index is -0.753. The summed E-state index contributed by atoms with van der Waals surface area (Å²) in [5.41, 5.74) is 1.55. The monoisotopic (exact) mass is 332 g/mol. The summed E-state index contributed by atoms with van der Waals surface area (Å²) in [6.07, 6.45) is 9.35. The second kappa shape index (κ2) is 6.05. The molecule has 0 aromatic rings. The summed E-state index contributed by atoms with van der Waals surface area (Å²) in [6.45, 7) is 7.22. The molecule has 4 atom stereocenters. The predicted octanol–water partition coefficient (Wildman–Crippen LogP) is 4.11. The Bertz CT molecular complexity index is 617. The second-order valence-electron chi connectivity index (χ2n) is 8.33. The van der Waals surface area contributed by atoms with Crippen LogP contribution in [0.4, 0.5) is 0 Å². The van der Waals surface area contributed by atoms with E-state index in [0.717, 1.165) is 44.1 Å². The van der Waals surface area contributed by atoms with Crippen LogP contribution in [0.1, 0.15) is 59.3 Å². The molecule has 4 heteroatoms. The summed E-state index contributed by atoms with van der Waals surface area (Å²) >= 11 is 0. The summed E-state index contributed by atoms with van der Waals surface area (Å²) < 4.78 is 5.02. The van der Waals surface area contributed by atoms with E-state index in [4.69, 9.17) is 4.74 Å². The molecule has 2 aliphatic carbocycles. The van der Waals surface area contributed by atoms with E-state index in [9.17, 15) is 14.7 Å². The lowest BCUT2D eigenvalue weighted by Gasteiger charge is -2.57. The van der Waals surface area contributed by atoms with Crippen molar-refractivity contribution in [3.8, 4) is 0 Å². The molecule has 0 radical (unpaired) electrons. The van der Waals surface area contributed by atoms with Gasteiger partial charge in [-0.05, 0) is 61.3 Å². The van der Waals surface area contributed by atoms with Crippen molar-refractivity contribution in [2.24, 2.45) is 22.7 Å². The number of allylic oxidation sites excluding steroid dienone is 1. The normalized spacial score (nSPS) is 38.9. The molecule has 3 aliphatic rings. The molecule has 0 amide bonds. The van der Waals surface area contributed by atoms with Crippen LogP contribution in [-0.2, 0) is 14.3 Å². The molecule has 0 bridgehead atoms. The molecule has 1 saturated carbocycles. The highest BCUT2D eigenvalue weighted by atomic mass is 16.5. The van der Waals surface area contributed by atoms with Crippen LogP contribution in [0.3, 0.4) is 0 Å². The summed E-state index contributed by atoms with van der Waals surface area (Å²) in [5.74, 6) is -0.0483. The largest absolute Gasteiger partial charge is 0.478 e. The summed E-state index contributed by atoms with van der Waals surface area (Å²) in [4.78, 5) is 23.1. The third-order valence-corrected chi connectivity index (χ3v) is 7.14. The van der Waals surface area contributed by atoms with Gasteiger partial charge in [-0.2, -0.15) is 0 Å². The number of esters is 1. The Morgan fingerprint density at radius 2 is 2.12 bits per heavy atom. The fourth-order valence-corrected chi connectivity index (χ4v) is 5.43. The van der Waals surface area contributed by atoms with E-state index in [1.807, 2.05) is 6.08 Å². The van der Waals surface area contributed by atoms with Crippen molar-refractivity contribution < 1.29 is 19.4 Å². The number of cyclic esters (lactones) is 1. The van der Waals surface area contributed by atoms with Crippen LogP contribution in [-0.4, -0.2) is 23.7 Å². The maximum Gasteiger partial charge on any atom is 0.331 e. The van der Waals surface area contributed by atoms with Crippen molar-refractivity contribution in [1.29, 1.82) is 0 Å². The van der Waals surface area contributed by atoms with Gasteiger partial charge in [0.25, 0.3) is 0 Å². The number of ether oxygens (including phenoxy) is 1. The second-order valence-corrected chi connectivity index (χ2v) is 8.33. The fraction of sp³-hybridized carbons (Fsp3) is 0.700. The number of carboxylic acid groups (broad SMARTS) is 1. The highest BCUT2D eigenvalue weighted by Gasteiger charge is 2.55. The molecule has 1 N–H and O–H groups in total. The lowest BCUT2D eigenvalue weighted by molar-refractivity contribution is -0.137. The van der Waals surface area contributed by atoms with Crippen LogP contribution >= 0.6 is 0 Å². The highest BCUT2D eigenvalue weighted by Crippen LogP contribution is 2.62. The zero-order chi connectivity index (χ0) is 17.5. The van der Waals surface area contributed by atoms with E-state index in [0.29, 0.717) is 24.0 Å². The molecule has 3 rings (SSSR count). The highest BCUT2D eigenvalue weighted by molar-refractivity contribution is 5.88. The summed E-state index contributed by atoms with van der Waals surface area (Å²) in [7, 11) is 0. The van der Waals surface area contributed by atoms with Crippen molar-refractivity contribution in [2.75, 3.05) is 6.61 Å². The Balaban J connectivity index is 1.85. The topological polar surface area (TPSA) is 63.6 Å². The molecule has 1 aliphatic heterocycles. The molecule has 24 heavy (non-hydrogen) atoms. The maximum absolute atomic E-state index is 11.8. The van der Waals surface area contributed by atoms with Crippen LogP contribution in [0.2, 0.25) is 0 Å². The number of rotatable bonds is 4. The Kier molecular flexibility index (Phi) is 4.35. The van der Waals surface area contributed by atoms with E-state index in [2.05, 4.69) is 20.8 Å². The minimum Gasteiger partial charge on any atom is -0.478 e. The van der Waals surface area contributed by atoms with Crippen LogP contribution < -0.4 is 0 Å². The van der Waals surface area contributed by atoms with Crippen molar-refractivity contribution in [1.82, 2.24) is 0 Å². The van der Waals surface area contributed by atoms with Gasteiger partial charge in [-0.15, -0.1) is 0 Å². The minimum absolute atomic E-state index is 0.0917. The first-order valence-corrected chi connectivity index (χ1v) is 9.07. The van der Waals surface area contributed by atoms with Gasteiger partial charge < -0.3 is 9.84 Å². The average molecular weight is 332 g/mol. The van der Waals surface area contributed by atoms with Crippen LogP contribution in [0.15, 0.2) is 23.3 Å². The first-order valence-electron chi connectivity index (χ1n) is 9.07. The quantitative estimate of drug-likeness (QED) is 0.787. The lowest BCUT2D eigenvalue weighted by Crippen LogP contribution is -2.51. The first kappa shape index (κ1) is 17.2. The third kappa shape index (κ3) is 2.70. The van der Waals surface area contributed by atoms with Gasteiger partial charge in [-0.1, -0.05) is 26.8 Å². The Morgan fingerprint density at radius 3 is 2.75 bits per heavy atom. The average Bonchev–Trinajstić information content (AvgIpc) is 2.94. The molecule has 1 heterocycles. The Hall–Kier alpha value is -1.58. The van der Waals surface area contributed by atoms with Crippen LogP contribution in [0.25, 0.3) is 0 Å². The molecule has 0 unspecified atom stereocenters. The SMILES string of the molecule is C[C@@H]1CC[C@@]2(C)C(C(=O)O)=CCC[C@H]2[C@@]1(C)CCC1=CC(=O)OC1. The number of carbonyl (C=O) groups excluding carboxylic acids is 1. The number of fused-ring (bicyclic) bond motifs is 1. The number of aliphatic carboxylic acids is 1. The number of carboxylic acids is 1. The molecular weight excluding hydrogens is 304 g/mol. The summed E-state index contributed by atoms with van der Waals surface area (Å²) in [5, 5.41) is 9.68. The molecule has 0 aromatic heterocycles. The Labute approximate surface area is 144 Å². The van der Waals surface area contributed by atoms with Gasteiger partial charge in [0.2, 0.25) is 0 Å². The van der Waals surface area contributed by atoms with Crippen LogP contribution in [0.5, 0.6) is 0 Å². The van der Waals surface area contributed by atoms with Gasteiger partial charge in [0.1, 0.15) is 6.61 Å². The van der Waals surface area contributed by atoms with Gasteiger partial charge in [0, 0.05) is 17.1 Å². The van der Waals surface area contributed by atoms with Crippen molar-refractivity contribution in [2.45, 2.75) is 59.3 Å². The van der Waals surface area contributed by atoms with Crippen molar-refractivity contribution in [3.63, 3.8) is 0 Å². The fourth-order valence-electron chi connectivity index (χ4n) is 5.43. The molecule has 0 aromatic carbocycles. The number of hydrogen-bond acceptors (Lipinski definition) is 3. The van der Waals surface area contributed by atoms with Gasteiger partial charge in [0.05, 0.1) is 0 Å². The zero-order valence-electron chi connectivity index (χ0n) is 14.9. The molecule has 1 fully saturated rings. The third-order valence-electron chi connectivity index (χ3n) is 7.14. The van der Waals surface area contributed by atoms with E-state index >= 15 is 0 Å². The van der Waals surface area contributed by atoms with Crippen molar-refractivity contribution in [3.05, 3.63) is 23.3 Å². The van der Waals surface area contributed by atoms with Crippen LogP contribution in [0, 0.1) is 22.7 Å². The van der Waals surface area contributed by atoms with E-state index in [1.165, 1.54) is 0 Å². The van der Waals surface area contributed by atoms with Crippen molar-refractivity contribution >= 4 is 11.9 Å². The Morgan fingerprint density at radius 1 is 1.38 bits per heavy atom. The smallest absolute Gasteiger partial charge is 0.331 e. The number of carbonyl (C=O) groups is 2. The van der Waals surface area contributed by atoms with Gasteiger partial charge >= 0.3 is 11.9 Å². The first-order chi connectivity index (χ1) is 11.3. The molecule has 4 nitrogen and oxygen atoms in total. The number of hydrogen-bond donors (Lipinski definition) is 1. The summed E-state index contributed by atoms with van der Waals surface area (Å²) in [6, 6.07) is 0. The van der Waals surface area contributed by atoms with Gasteiger partial charge in [-0.25, -0.2) is 9.59 Å². The molecule has 132 valence electrons.